The fourth-order valence-corrected chi connectivity index (χ4v) is 2.82. The van der Waals surface area contributed by atoms with E-state index in [4.69, 9.17) is 4.42 Å². The lowest BCUT2D eigenvalue weighted by Gasteiger charge is -2.22. The number of carbonyl (C=O) groups is 1. The molecule has 0 bridgehead atoms. The summed E-state index contributed by atoms with van der Waals surface area (Å²) in [5.41, 5.74) is 1.13. The number of guanidine groups is 1. The topological polar surface area (TPSA) is 74.8 Å². The minimum absolute atomic E-state index is 0. The van der Waals surface area contributed by atoms with Crippen molar-refractivity contribution in [2.24, 2.45) is 12.0 Å². The highest BCUT2D eigenvalue weighted by Gasteiger charge is 2.11. The molecule has 0 saturated carbocycles. The van der Waals surface area contributed by atoms with Gasteiger partial charge in [-0.2, -0.15) is 0 Å². The Morgan fingerprint density at radius 3 is 2.76 bits per heavy atom. The van der Waals surface area contributed by atoms with Gasteiger partial charge in [0, 0.05) is 37.5 Å². The number of halogens is 2. The summed E-state index contributed by atoms with van der Waals surface area (Å²) in [4.78, 5) is 18.1. The van der Waals surface area contributed by atoms with E-state index in [0.717, 1.165) is 15.9 Å². The van der Waals surface area contributed by atoms with E-state index < -0.39 is 0 Å². The summed E-state index contributed by atoms with van der Waals surface area (Å²) in [6.07, 6.45) is 3.58. The Labute approximate surface area is 173 Å². The number of carbonyl (C=O) groups excluding carboxylic acids is 1. The largest absolute Gasteiger partial charge is 0.467 e. The van der Waals surface area contributed by atoms with Crippen molar-refractivity contribution in [1.82, 2.24) is 20.1 Å². The van der Waals surface area contributed by atoms with E-state index in [9.17, 15) is 4.79 Å². The molecule has 2 aromatic rings. The van der Waals surface area contributed by atoms with Gasteiger partial charge in [0.05, 0.1) is 25.9 Å². The summed E-state index contributed by atoms with van der Waals surface area (Å²) in [6.45, 7) is 1.20. The standard InChI is InChI=1S/C16H22BrN5O2.HI/c1-18-16(22(3)11-13-7-12(17)10-21(13)2)20-9-15(23)19-8-14-5-4-6-24-14;/h4-7,10H,8-9,11H2,1-3H3,(H,18,20)(H,19,23);1H. The number of nitrogens with one attached hydrogen (secondary N) is 2. The third-order valence-electron chi connectivity index (χ3n) is 3.49. The van der Waals surface area contributed by atoms with Gasteiger partial charge in [0.15, 0.2) is 5.96 Å². The fourth-order valence-electron chi connectivity index (χ4n) is 2.25. The normalized spacial score (nSPS) is 11.0. The van der Waals surface area contributed by atoms with Gasteiger partial charge in [-0.1, -0.05) is 0 Å². The predicted octanol–water partition coefficient (Wildman–Crippen LogP) is 2.32. The molecule has 0 aliphatic heterocycles. The Bertz CT molecular complexity index is 699. The van der Waals surface area contributed by atoms with Crippen LogP contribution < -0.4 is 10.6 Å². The van der Waals surface area contributed by atoms with Crippen molar-refractivity contribution in [1.29, 1.82) is 0 Å². The first-order valence-corrected chi connectivity index (χ1v) is 8.30. The molecule has 0 atom stereocenters. The highest BCUT2D eigenvalue weighted by Crippen LogP contribution is 2.14. The van der Waals surface area contributed by atoms with Crippen LogP contribution in [-0.2, 0) is 24.9 Å². The van der Waals surface area contributed by atoms with Crippen LogP contribution in [0.25, 0.3) is 0 Å². The number of amides is 1. The minimum Gasteiger partial charge on any atom is -0.467 e. The number of hydrogen-bond acceptors (Lipinski definition) is 3. The Morgan fingerprint density at radius 1 is 1.44 bits per heavy atom. The summed E-state index contributed by atoms with van der Waals surface area (Å²) in [7, 11) is 5.61. The maximum Gasteiger partial charge on any atom is 0.239 e. The van der Waals surface area contributed by atoms with Gasteiger partial charge in [0.2, 0.25) is 5.91 Å². The van der Waals surface area contributed by atoms with Crippen molar-refractivity contribution in [3.05, 3.63) is 46.6 Å². The second kappa shape index (κ2) is 10.5. The van der Waals surface area contributed by atoms with Crippen LogP contribution in [0.3, 0.4) is 0 Å². The molecule has 0 spiro atoms. The third-order valence-corrected chi connectivity index (χ3v) is 3.93. The van der Waals surface area contributed by atoms with Crippen molar-refractivity contribution in [2.45, 2.75) is 13.1 Å². The molecule has 0 unspecified atom stereocenters. The summed E-state index contributed by atoms with van der Waals surface area (Å²) < 4.78 is 8.26. The van der Waals surface area contributed by atoms with E-state index in [2.05, 4.69) is 37.6 Å². The molecule has 138 valence electrons. The Balaban J connectivity index is 0.00000312. The number of hydrogen-bond donors (Lipinski definition) is 2. The lowest BCUT2D eigenvalue weighted by Crippen LogP contribution is -2.43. The Kier molecular flexibility index (Phi) is 9.04. The number of nitrogens with zero attached hydrogens (tertiary/aromatic N) is 3. The van der Waals surface area contributed by atoms with E-state index in [1.165, 1.54) is 0 Å². The van der Waals surface area contributed by atoms with Crippen molar-refractivity contribution in [2.75, 3.05) is 20.6 Å². The van der Waals surface area contributed by atoms with Crippen molar-refractivity contribution >= 4 is 51.8 Å². The van der Waals surface area contributed by atoms with Crippen LogP contribution in [0, 0.1) is 0 Å². The molecule has 0 fully saturated rings. The molecule has 9 heteroatoms. The Morgan fingerprint density at radius 2 is 2.20 bits per heavy atom. The van der Waals surface area contributed by atoms with Gasteiger partial charge in [-0.15, -0.1) is 24.0 Å². The lowest BCUT2D eigenvalue weighted by molar-refractivity contribution is -0.120. The Hall–Kier alpha value is -1.49. The van der Waals surface area contributed by atoms with E-state index in [0.29, 0.717) is 19.0 Å². The number of aryl methyl sites for hydroxylation is 1. The first-order chi connectivity index (χ1) is 11.5. The third kappa shape index (κ3) is 6.73. The van der Waals surface area contributed by atoms with Crippen molar-refractivity contribution < 1.29 is 9.21 Å². The second-order valence-corrected chi connectivity index (χ2v) is 6.29. The van der Waals surface area contributed by atoms with Gasteiger partial charge in [0.1, 0.15) is 5.76 Å². The van der Waals surface area contributed by atoms with Crippen LogP contribution in [0.4, 0.5) is 0 Å². The highest BCUT2D eigenvalue weighted by molar-refractivity contribution is 14.0. The maximum absolute atomic E-state index is 11.9. The SMILES string of the molecule is CN=C(NCC(=O)NCc1ccco1)N(C)Cc1cc(Br)cn1C.I. The second-order valence-electron chi connectivity index (χ2n) is 5.37. The van der Waals surface area contributed by atoms with Gasteiger partial charge in [-0.3, -0.25) is 9.79 Å². The molecule has 0 aliphatic rings. The molecule has 0 saturated heterocycles. The number of furan rings is 1. The van der Waals surface area contributed by atoms with Crippen LogP contribution in [0.2, 0.25) is 0 Å². The van der Waals surface area contributed by atoms with E-state index in [1.807, 2.05) is 35.8 Å². The van der Waals surface area contributed by atoms with E-state index in [1.54, 1.807) is 19.4 Å². The summed E-state index contributed by atoms with van der Waals surface area (Å²) in [6, 6.07) is 5.66. The predicted molar refractivity (Wildman–Crippen MR) is 112 cm³/mol. The molecular formula is C16H23BrIN5O2. The summed E-state index contributed by atoms with van der Waals surface area (Å²) >= 11 is 3.46. The number of rotatable bonds is 6. The molecule has 7 nitrogen and oxygen atoms in total. The molecule has 2 aromatic heterocycles. The molecule has 25 heavy (non-hydrogen) atoms. The molecule has 2 N–H and O–H groups in total. The lowest BCUT2D eigenvalue weighted by atomic mass is 10.4. The van der Waals surface area contributed by atoms with Crippen molar-refractivity contribution in [3.63, 3.8) is 0 Å². The first-order valence-electron chi connectivity index (χ1n) is 7.51. The summed E-state index contributed by atoms with van der Waals surface area (Å²) in [5, 5.41) is 5.84. The van der Waals surface area contributed by atoms with Gasteiger partial charge >= 0.3 is 0 Å². The molecule has 0 aromatic carbocycles. The fraction of sp³-hybridized carbons (Fsp3) is 0.375. The molecule has 2 heterocycles. The zero-order chi connectivity index (χ0) is 17.5. The van der Waals surface area contributed by atoms with Gasteiger partial charge in [-0.05, 0) is 34.1 Å². The van der Waals surface area contributed by atoms with Crippen molar-refractivity contribution in [3.8, 4) is 0 Å². The van der Waals surface area contributed by atoms with Gasteiger partial charge < -0.3 is 24.5 Å². The monoisotopic (exact) mass is 523 g/mol. The first kappa shape index (κ1) is 21.6. The molecule has 2 rings (SSSR count). The average Bonchev–Trinajstić information content (AvgIpc) is 3.16. The zero-order valence-corrected chi connectivity index (χ0v) is 18.4. The summed E-state index contributed by atoms with van der Waals surface area (Å²) in [5.74, 6) is 1.25. The van der Waals surface area contributed by atoms with Crippen LogP contribution in [-0.4, -0.2) is 42.0 Å². The van der Waals surface area contributed by atoms with Gasteiger partial charge in [0.25, 0.3) is 0 Å². The zero-order valence-electron chi connectivity index (χ0n) is 14.5. The van der Waals surface area contributed by atoms with Crippen LogP contribution in [0.15, 0.2) is 44.5 Å². The molecule has 1 amide bonds. The van der Waals surface area contributed by atoms with Gasteiger partial charge in [-0.25, -0.2) is 0 Å². The minimum atomic E-state index is -0.123. The van der Waals surface area contributed by atoms with E-state index in [-0.39, 0.29) is 36.4 Å². The number of aromatic nitrogens is 1. The van der Waals surface area contributed by atoms with Crippen LogP contribution >= 0.6 is 39.9 Å². The highest BCUT2D eigenvalue weighted by atomic mass is 127. The molecular weight excluding hydrogens is 501 g/mol. The molecule has 0 aliphatic carbocycles. The smallest absolute Gasteiger partial charge is 0.239 e. The van der Waals surface area contributed by atoms with Crippen LogP contribution in [0.1, 0.15) is 11.5 Å². The van der Waals surface area contributed by atoms with E-state index >= 15 is 0 Å². The van der Waals surface area contributed by atoms with Crippen LogP contribution in [0.5, 0.6) is 0 Å². The maximum atomic E-state index is 11.9. The molecule has 0 radical (unpaired) electrons. The quantitative estimate of drug-likeness (QED) is 0.346. The number of aliphatic imine (C=N–C) groups is 1. The average molecular weight is 524 g/mol.